The number of hydrogen-bond donors (Lipinski definition) is 2. The van der Waals surface area contributed by atoms with Crippen LogP contribution in [0.4, 0.5) is 0 Å². The number of aliphatic hydroxyl groups excluding tert-OH is 2. The molecule has 3 rings (SSSR count). The molecular formula is C29H44O3Si. The summed E-state index contributed by atoms with van der Waals surface area (Å²) in [4.78, 5) is 0. The van der Waals surface area contributed by atoms with Crippen LogP contribution in [-0.2, 0) is 4.43 Å². The topological polar surface area (TPSA) is 49.7 Å². The van der Waals surface area contributed by atoms with Crippen molar-refractivity contribution in [2.75, 3.05) is 19.8 Å². The lowest BCUT2D eigenvalue weighted by Crippen LogP contribution is -2.66. The minimum absolute atomic E-state index is 0.00129. The van der Waals surface area contributed by atoms with Crippen molar-refractivity contribution in [3.05, 3.63) is 60.7 Å². The van der Waals surface area contributed by atoms with Gasteiger partial charge in [-0.2, -0.15) is 0 Å². The van der Waals surface area contributed by atoms with Crippen LogP contribution >= 0.6 is 0 Å². The molecule has 2 aromatic carbocycles. The van der Waals surface area contributed by atoms with Crippen molar-refractivity contribution in [1.82, 2.24) is 0 Å². The molecule has 0 aromatic heterocycles. The molecule has 1 fully saturated rings. The summed E-state index contributed by atoms with van der Waals surface area (Å²) in [6.45, 7) is 7.92. The first-order valence-corrected chi connectivity index (χ1v) is 14.7. The number of rotatable bonds is 11. The Morgan fingerprint density at radius 2 is 1.33 bits per heavy atom. The van der Waals surface area contributed by atoms with E-state index in [2.05, 4.69) is 81.4 Å². The Hall–Kier alpha value is -1.46. The van der Waals surface area contributed by atoms with Crippen LogP contribution in [0.2, 0.25) is 5.04 Å². The zero-order chi connectivity index (χ0) is 23.8. The Labute approximate surface area is 202 Å². The van der Waals surface area contributed by atoms with Gasteiger partial charge in [-0.15, -0.1) is 0 Å². The van der Waals surface area contributed by atoms with Crippen LogP contribution in [0.25, 0.3) is 0 Å². The second-order valence-electron chi connectivity index (χ2n) is 11.1. The van der Waals surface area contributed by atoms with Crippen LogP contribution in [0.1, 0.15) is 72.1 Å². The van der Waals surface area contributed by atoms with Gasteiger partial charge in [-0.1, -0.05) is 101 Å². The third-order valence-electron chi connectivity index (χ3n) is 7.88. The molecule has 2 aromatic rings. The van der Waals surface area contributed by atoms with Crippen molar-refractivity contribution in [3.63, 3.8) is 0 Å². The van der Waals surface area contributed by atoms with Gasteiger partial charge < -0.3 is 14.6 Å². The molecule has 4 heteroatoms. The molecule has 0 spiro atoms. The Kier molecular flexibility index (Phi) is 9.34. The molecule has 0 atom stereocenters. The maximum absolute atomic E-state index is 9.58. The quantitative estimate of drug-likeness (QED) is 0.441. The van der Waals surface area contributed by atoms with E-state index in [1.807, 2.05) is 0 Å². The molecule has 3 nitrogen and oxygen atoms in total. The molecule has 1 aliphatic carbocycles. The van der Waals surface area contributed by atoms with Crippen LogP contribution in [0.3, 0.4) is 0 Å². The van der Waals surface area contributed by atoms with Crippen LogP contribution in [0.15, 0.2) is 60.7 Å². The highest BCUT2D eigenvalue weighted by atomic mass is 28.4. The first-order chi connectivity index (χ1) is 15.9. The molecule has 0 bridgehead atoms. The van der Waals surface area contributed by atoms with E-state index in [0.717, 1.165) is 25.9 Å². The van der Waals surface area contributed by atoms with Crippen LogP contribution in [0, 0.1) is 11.3 Å². The van der Waals surface area contributed by atoms with Gasteiger partial charge in [0.25, 0.3) is 8.32 Å². The third kappa shape index (κ3) is 6.16. The summed E-state index contributed by atoms with van der Waals surface area (Å²) in [6.07, 6.45) is 9.38. The van der Waals surface area contributed by atoms with Crippen molar-refractivity contribution in [1.29, 1.82) is 0 Å². The van der Waals surface area contributed by atoms with Crippen molar-refractivity contribution in [2.24, 2.45) is 11.3 Å². The normalized spacial score (nSPS) is 16.8. The molecule has 0 amide bonds. The molecule has 0 aliphatic heterocycles. The molecule has 182 valence electrons. The van der Waals surface area contributed by atoms with Crippen molar-refractivity contribution < 1.29 is 14.6 Å². The van der Waals surface area contributed by atoms with E-state index in [4.69, 9.17) is 4.43 Å². The maximum Gasteiger partial charge on any atom is 0.261 e. The smallest absolute Gasteiger partial charge is 0.261 e. The molecule has 0 heterocycles. The summed E-state index contributed by atoms with van der Waals surface area (Å²) in [5.41, 5.74) is 0.270. The molecule has 1 saturated carbocycles. The highest BCUT2D eigenvalue weighted by molar-refractivity contribution is 6.99. The van der Waals surface area contributed by atoms with Crippen molar-refractivity contribution >= 4 is 18.7 Å². The Bertz CT molecular complexity index is 766. The van der Waals surface area contributed by atoms with Gasteiger partial charge in [0.15, 0.2) is 0 Å². The summed E-state index contributed by atoms with van der Waals surface area (Å²) >= 11 is 0. The fraction of sp³-hybridized carbons (Fsp3) is 0.586. The molecule has 2 N–H and O–H groups in total. The lowest BCUT2D eigenvalue weighted by molar-refractivity contribution is 0.0882. The maximum atomic E-state index is 9.58. The van der Waals surface area contributed by atoms with Gasteiger partial charge in [-0.05, 0) is 52.9 Å². The second-order valence-corrected chi connectivity index (χ2v) is 15.4. The highest BCUT2D eigenvalue weighted by Gasteiger charge is 2.50. The summed E-state index contributed by atoms with van der Waals surface area (Å²) < 4.78 is 7.19. The van der Waals surface area contributed by atoms with E-state index in [-0.39, 0.29) is 29.6 Å². The van der Waals surface area contributed by atoms with Crippen LogP contribution in [-0.4, -0.2) is 38.4 Å². The summed E-state index contributed by atoms with van der Waals surface area (Å²) in [5, 5.41) is 21.8. The van der Waals surface area contributed by atoms with Gasteiger partial charge in [0.2, 0.25) is 0 Å². The standard InChI is InChI=1S/C29H44O3Si/c1-28(2,3)33(26-13-7-4-8-14-26,27-15-9-5-10-16-27)32-22-21-29(18-11-6-12-19-29)20-17-25(23-30)24-31/h4-5,7-10,13-16,25,30-31H,6,11-12,17-24H2,1-3H3. The van der Waals surface area contributed by atoms with E-state index in [1.54, 1.807) is 0 Å². The summed E-state index contributed by atoms with van der Waals surface area (Å²) in [5.74, 6) is 0.00129. The van der Waals surface area contributed by atoms with Gasteiger partial charge in [-0.25, -0.2) is 0 Å². The van der Waals surface area contributed by atoms with E-state index in [1.165, 1.54) is 42.5 Å². The Balaban J connectivity index is 1.87. The second kappa shape index (κ2) is 11.8. The Morgan fingerprint density at radius 3 is 1.79 bits per heavy atom. The monoisotopic (exact) mass is 468 g/mol. The lowest BCUT2D eigenvalue weighted by atomic mass is 9.68. The third-order valence-corrected chi connectivity index (χ3v) is 12.9. The zero-order valence-electron chi connectivity index (χ0n) is 20.9. The number of hydrogen-bond acceptors (Lipinski definition) is 3. The van der Waals surface area contributed by atoms with Gasteiger partial charge in [0.1, 0.15) is 0 Å². The molecule has 0 saturated heterocycles. The van der Waals surface area contributed by atoms with E-state index < -0.39 is 8.32 Å². The minimum atomic E-state index is -2.51. The fourth-order valence-corrected chi connectivity index (χ4v) is 10.4. The van der Waals surface area contributed by atoms with Gasteiger partial charge in [0, 0.05) is 25.7 Å². The lowest BCUT2D eigenvalue weighted by Gasteiger charge is -2.45. The van der Waals surface area contributed by atoms with Crippen molar-refractivity contribution in [2.45, 2.75) is 77.2 Å². The summed E-state index contributed by atoms with van der Waals surface area (Å²) in [7, 11) is -2.51. The minimum Gasteiger partial charge on any atom is -0.407 e. The van der Waals surface area contributed by atoms with Gasteiger partial charge in [-0.3, -0.25) is 0 Å². The number of aliphatic hydroxyl groups is 2. The molecular weight excluding hydrogens is 424 g/mol. The van der Waals surface area contributed by atoms with Crippen LogP contribution in [0.5, 0.6) is 0 Å². The largest absolute Gasteiger partial charge is 0.407 e. The summed E-state index contributed by atoms with van der Waals surface area (Å²) in [6, 6.07) is 21.8. The average Bonchev–Trinajstić information content (AvgIpc) is 2.83. The van der Waals surface area contributed by atoms with E-state index >= 15 is 0 Å². The first kappa shape index (κ1) is 26.1. The van der Waals surface area contributed by atoms with Crippen LogP contribution < -0.4 is 10.4 Å². The fourth-order valence-electron chi connectivity index (χ4n) is 5.86. The van der Waals surface area contributed by atoms with Gasteiger partial charge in [0.05, 0.1) is 0 Å². The number of benzene rings is 2. The predicted octanol–water partition coefficient (Wildman–Crippen LogP) is 5.28. The molecule has 0 radical (unpaired) electrons. The van der Waals surface area contributed by atoms with Gasteiger partial charge >= 0.3 is 0 Å². The molecule has 1 aliphatic rings. The van der Waals surface area contributed by atoms with E-state index in [9.17, 15) is 10.2 Å². The molecule has 0 unspecified atom stereocenters. The Morgan fingerprint density at radius 1 is 0.818 bits per heavy atom. The van der Waals surface area contributed by atoms with E-state index in [0.29, 0.717) is 0 Å². The predicted molar refractivity (Wildman–Crippen MR) is 141 cm³/mol. The zero-order valence-corrected chi connectivity index (χ0v) is 21.9. The SMILES string of the molecule is CC(C)(C)[Si](OCCC1(CCC(CO)CO)CCCCC1)(c1ccccc1)c1ccccc1. The molecule has 33 heavy (non-hydrogen) atoms. The average molecular weight is 469 g/mol. The first-order valence-electron chi connectivity index (χ1n) is 12.8. The van der Waals surface area contributed by atoms with Crippen molar-refractivity contribution in [3.8, 4) is 0 Å². The highest BCUT2D eigenvalue weighted by Crippen LogP contribution is 2.45.